The smallest absolute Gasteiger partial charge is 0.234 e. The van der Waals surface area contributed by atoms with E-state index in [-0.39, 0.29) is 17.2 Å². The lowest BCUT2D eigenvalue weighted by Gasteiger charge is -2.29. The summed E-state index contributed by atoms with van der Waals surface area (Å²) in [7, 11) is 0. The van der Waals surface area contributed by atoms with E-state index in [1.54, 1.807) is 6.92 Å². The summed E-state index contributed by atoms with van der Waals surface area (Å²) in [5, 5.41) is 3.04. The van der Waals surface area contributed by atoms with Gasteiger partial charge in [-0.05, 0) is 29.9 Å². The van der Waals surface area contributed by atoms with Crippen molar-refractivity contribution in [2.24, 2.45) is 11.3 Å². The maximum absolute atomic E-state index is 12.5. The van der Waals surface area contributed by atoms with Gasteiger partial charge in [0.25, 0.3) is 0 Å². The van der Waals surface area contributed by atoms with Crippen molar-refractivity contribution in [3.05, 3.63) is 71.8 Å². The van der Waals surface area contributed by atoms with Gasteiger partial charge in [0.2, 0.25) is 11.8 Å². The fourth-order valence-electron chi connectivity index (χ4n) is 5.10. The minimum atomic E-state index is 0.0699. The monoisotopic (exact) mass is 405 g/mol. The lowest BCUT2D eigenvalue weighted by atomic mass is 9.76. The summed E-state index contributed by atoms with van der Waals surface area (Å²) >= 11 is 0. The summed E-state index contributed by atoms with van der Waals surface area (Å²) in [5.41, 5.74) is 2.54. The average Bonchev–Trinajstić information content (AvgIpc) is 3.26. The third kappa shape index (κ3) is 4.73. The highest BCUT2D eigenvalue weighted by Gasteiger charge is 2.52. The molecule has 5 heteroatoms. The van der Waals surface area contributed by atoms with Gasteiger partial charge < -0.3 is 10.2 Å². The molecule has 2 aromatic rings. The summed E-state index contributed by atoms with van der Waals surface area (Å²) in [4.78, 5) is 28.8. The first kappa shape index (κ1) is 20.6. The van der Waals surface area contributed by atoms with Crippen molar-refractivity contribution in [1.29, 1.82) is 0 Å². The second kappa shape index (κ2) is 9.00. The molecule has 2 heterocycles. The van der Waals surface area contributed by atoms with E-state index in [1.165, 1.54) is 5.56 Å². The number of fused-ring (bicyclic) bond motifs is 1. The number of nitrogens with one attached hydrogen (secondary N) is 1. The molecule has 2 fully saturated rings. The molecule has 0 saturated carbocycles. The highest BCUT2D eigenvalue weighted by Crippen LogP contribution is 2.45. The van der Waals surface area contributed by atoms with Crippen LogP contribution >= 0.6 is 0 Å². The van der Waals surface area contributed by atoms with E-state index in [9.17, 15) is 9.59 Å². The van der Waals surface area contributed by atoms with Crippen molar-refractivity contribution >= 4 is 11.8 Å². The Balaban J connectivity index is 1.36. The second-order valence-electron chi connectivity index (χ2n) is 8.88. The molecule has 0 bridgehead atoms. The largest absolute Gasteiger partial charge is 0.351 e. The summed E-state index contributed by atoms with van der Waals surface area (Å²) in [5.74, 6) is 0.670. The van der Waals surface area contributed by atoms with Crippen molar-refractivity contribution in [3.8, 4) is 0 Å². The van der Waals surface area contributed by atoms with Crippen molar-refractivity contribution in [3.63, 3.8) is 0 Å². The molecule has 2 aliphatic heterocycles. The SMILES string of the molecule is CC(=O)N1C[C@@H]2CN(CC(=O)NCc3ccccc3)C[C@]2(CCc2ccccc2)C1. The van der Waals surface area contributed by atoms with Crippen LogP contribution in [0.15, 0.2) is 60.7 Å². The zero-order valence-corrected chi connectivity index (χ0v) is 17.7. The van der Waals surface area contributed by atoms with Crippen LogP contribution in [0.3, 0.4) is 0 Å². The molecule has 2 aromatic carbocycles. The molecule has 0 spiro atoms. The minimum absolute atomic E-state index is 0.0699. The predicted molar refractivity (Wildman–Crippen MR) is 118 cm³/mol. The first-order chi connectivity index (χ1) is 14.5. The molecule has 2 atom stereocenters. The zero-order chi connectivity index (χ0) is 21.0. The van der Waals surface area contributed by atoms with Crippen molar-refractivity contribution in [2.75, 3.05) is 32.7 Å². The maximum Gasteiger partial charge on any atom is 0.234 e. The third-order valence-electron chi connectivity index (χ3n) is 6.73. The Bertz CT molecular complexity index is 870. The zero-order valence-electron chi connectivity index (χ0n) is 17.7. The fraction of sp³-hybridized carbons (Fsp3) is 0.440. The Kier molecular flexibility index (Phi) is 6.18. The number of amides is 2. The molecular formula is C25H31N3O2. The molecule has 2 amide bonds. The Morgan fingerprint density at radius 1 is 0.967 bits per heavy atom. The summed E-state index contributed by atoms with van der Waals surface area (Å²) in [6.07, 6.45) is 2.06. The van der Waals surface area contributed by atoms with Gasteiger partial charge in [-0.3, -0.25) is 14.5 Å². The molecule has 0 aromatic heterocycles. The summed E-state index contributed by atoms with van der Waals surface area (Å²) < 4.78 is 0. The van der Waals surface area contributed by atoms with Gasteiger partial charge in [0.15, 0.2) is 0 Å². The molecular weight excluding hydrogens is 374 g/mol. The van der Waals surface area contributed by atoms with Crippen LogP contribution < -0.4 is 5.32 Å². The topological polar surface area (TPSA) is 52.7 Å². The number of aryl methyl sites for hydroxylation is 1. The molecule has 4 rings (SSSR count). The van der Waals surface area contributed by atoms with E-state index in [0.29, 0.717) is 19.0 Å². The van der Waals surface area contributed by atoms with Crippen molar-refractivity contribution < 1.29 is 9.59 Å². The highest BCUT2D eigenvalue weighted by atomic mass is 16.2. The van der Waals surface area contributed by atoms with Gasteiger partial charge in [-0.2, -0.15) is 0 Å². The Hall–Kier alpha value is -2.66. The van der Waals surface area contributed by atoms with Crippen LogP contribution in [0.1, 0.15) is 24.5 Å². The van der Waals surface area contributed by atoms with Crippen molar-refractivity contribution in [2.45, 2.75) is 26.3 Å². The lowest BCUT2D eigenvalue weighted by molar-refractivity contribution is -0.128. The van der Waals surface area contributed by atoms with Crippen LogP contribution in [-0.4, -0.2) is 54.3 Å². The standard InChI is InChI=1S/C25H31N3O2/c1-20(29)28-16-23-15-27(17-24(30)26-14-22-10-6-3-7-11-22)18-25(23,19-28)13-12-21-8-4-2-5-9-21/h2-11,23H,12-19H2,1H3,(H,26,30)/t23-,25+/m0/s1. The van der Waals surface area contributed by atoms with Gasteiger partial charge in [-0.25, -0.2) is 0 Å². The Labute approximate surface area is 179 Å². The van der Waals surface area contributed by atoms with Gasteiger partial charge >= 0.3 is 0 Å². The molecule has 2 aliphatic rings. The second-order valence-corrected chi connectivity index (χ2v) is 8.88. The van der Waals surface area contributed by atoms with Gasteiger partial charge in [0, 0.05) is 45.1 Å². The van der Waals surface area contributed by atoms with E-state index in [1.807, 2.05) is 41.3 Å². The first-order valence-electron chi connectivity index (χ1n) is 10.9. The number of benzene rings is 2. The molecule has 0 radical (unpaired) electrons. The normalized spacial score (nSPS) is 23.4. The Morgan fingerprint density at radius 2 is 1.63 bits per heavy atom. The minimum Gasteiger partial charge on any atom is -0.351 e. The van der Waals surface area contributed by atoms with Crippen LogP contribution in [0, 0.1) is 11.3 Å². The number of hydrogen-bond donors (Lipinski definition) is 1. The molecule has 158 valence electrons. The summed E-state index contributed by atoms with van der Waals surface area (Å²) in [6, 6.07) is 20.6. The molecule has 2 saturated heterocycles. The van der Waals surface area contributed by atoms with Crippen LogP contribution in [0.25, 0.3) is 0 Å². The number of nitrogens with zero attached hydrogens (tertiary/aromatic N) is 2. The maximum atomic E-state index is 12.5. The highest BCUT2D eigenvalue weighted by molar-refractivity contribution is 5.78. The van der Waals surface area contributed by atoms with Crippen LogP contribution in [-0.2, 0) is 22.6 Å². The first-order valence-corrected chi connectivity index (χ1v) is 10.9. The Morgan fingerprint density at radius 3 is 2.30 bits per heavy atom. The number of rotatable bonds is 7. The summed E-state index contributed by atoms with van der Waals surface area (Å²) in [6.45, 7) is 6.05. The van der Waals surface area contributed by atoms with E-state index in [2.05, 4.69) is 34.5 Å². The predicted octanol–water partition coefficient (Wildman–Crippen LogP) is 2.72. The molecule has 1 N–H and O–H groups in total. The fourth-order valence-corrected chi connectivity index (χ4v) is 5.10. The van der Waals surface area contributed by atoms with E-state index in [0.717, 1.165) is 44.6 Å². The number of carbonyl (C=O) groups excluding carboxylic acids is 2. The number of carbonyl (C=O) groups is 2. The van der Waals surface area contributed by atoms with Gasteiger partial charge in [-0.1, -0.05) is 60.7 Å². The quantitative estimate of drug-likeness (QED) is 0.771. The molecule has 0 unspecified atom stereocenters. The average molecular weight is 406 g/mol. The van der Waals surface area contributed by atoms with Crippen LogP contribution in [0.5, 0.6) is 0 Å². The lowest BCUT2D eigenvalue weighted by Crippen LogP contribution is -2.40. The number of hydrogen-bond acceptors (Lipinski definition) is 3. The van der Waals surface area contributed by atoms with E-state index >= 15 is 0 Å². The van der Waals surface area contributed by atoms with E-state index in [4.69, 9.17) is 0 Å². The van der Waals surface area contributed by atoms with Crippen LogP contribution in [0.2, 0.25) is 0 Å². The van der Waals surface area contributed by atoms with Gasteiger partial charge in [0.1, 0.15) is 0 Å². The number of likely N-dealkylation sites (tertiary alicyclic amines) is 2. The van der Waals surface area contributed by atoms with Gasteiger partial charge in [-0.15, -0.1) is 0 Å². The molecule has 30 heavy (non-hydrogen) atoms. The third-order valence-corrected chi connectivity index (χ3v) is 6.73. The van der Waals surface area contributed by atoms with Crippen LogP contribution in [0.4, 0.5) is 0 Å². The molecule has 5 nitrogen and oxygen atoms in total. The van der Waals surface area contributed by atoms with Gasteiger partial charge in [0.05, 0.1) is 6.54 Å². The molecule has 0 aliphatic carbocycles. The van der Waals surface area contributed by atoms with E-state index < -0.39 is 0 Å². The van der Waals surface area contributed by atoms with Crippen molar-refractivity contribution in [1.82, 2.24) is 15.1 Å².